The molecule has 1 saturated carbocycles. The molecular weight excluding hydrogens is 459 g/mol. The average Bonchev–Trinajstić information content (AvgIpc) is 3.35. The van der Waals surface area contributed by atoms with Gasteiger partial charge in [0, 0.05) is 27.5 Å². The van der Waals surface area contributed by atoms with Crippen LogP contribution >= 0.6 is 23.5 Å². The summed E-state index contributed by atoms with van der Waals surface area (Å²) < 4.78 is 16.2. The molecule has 2 heterocycles. The summed E-state index contributed by atoms with van der Waals surface area (Å²) in [6.45, 7) is 0.618. The number of nitrogens with zero attached hydrogens (tertiary/aromatic N) is 2. The van der Waals surface area contributed by atoms with Gasteiger partial charge in [-0.2, -0.15) is 0 Å². The molecule has 3 aromatic carbocycles. The Morgan fingerprint density at radius 3 is 2.67 bits per heavy atom. The first-order valence-electron chi connectivity index (χ1n) is 10.8. The maximum atomic E-state index is 14.1. The van der Waals surface area contributed by atoms with Gasteiger partial charge in [0.1, 0.15) is 5.82 Å². The van der Waals surface area contributed by atoms with Crippen LogP contribution in [0, 0.1) is 11.7 Å². The van der Waals surface area contributed by atoms with Crippen molar-refractivity contribution >= 4 is 46.6 Å². The average molecular weight is 477 g/mol. The van der Waals surface area contributed by atoms with E-state index in [1.807, 2.05) is 24.3 Å². The summed E-state index contributed by atoms with van der Waals surface area (Å²) in [6.07, 6.45) is 2.81. The van der Waals surface area contributed by atoms with E-state index in [0.717, 1.165) is 29.8 Å². The zero-order valence-electron chi connectivity index (χ0n) is 17.5. The van der Waals surface area contributed by atoms with Crippen molar-refractivity contribution in [1.29, 1.82) is 0 Å². The Bertz CT molecular complexity index is 1360. The quantitative estimate of drug-likeness (QED) is 0.319. The topological polar surface area (TPSA) is 49.7 Å². The number of fused-ring (bicyclic) bond motifs is 2. The van der Waals surface area contributed by atoms with Crippen LogP contribution in [0.1, 0.15) is 56.7 Å². The van der Waals surface area contributed by atoms with Gasteiger partial charge in [0.2, 0.25) is 0 Å². The molecule has 6 rings (SSSR count). The van der Waals surface area contributed by atoms with Gasteiger partial charge in [-0.25, -0.2) is 9.38 Å². The number of rotatable bonds is 4. The molecule has 1 aliphatic carbocycles. The van der Waals surface area contributed by atoms with E-state index in [1.165, 1.54) is 23.8 Å². The van der Waals surface area contributed by atoms with Crippen molar-refractivity contribution in [2.75, 3.05) is 4.31 Å². The molecule has 1 fully saturated rings. The number of Topliss-reactive ketones (excluding diaryl/α,β-unsaturated/α-hetero) is 1. The van der Waals surface area contributed by atoms with Crippen molar-refractivity contribution in [3.63, 3.8) is 0 Å². The summed E-state index contributed by atoms with van der Waals surface area (Å²) in [5.41, 5.74) is 4.08. The van der Waals surface area contributed by atoms with Crippen LogP contribution in [0.3, 0.4) is 0 Å². The van der Waals surface area contributed by atoms with E-state index in [4.69, 9.17) is 11.6 Å². The number of aliphatic imine (C=N–C) groups is 1. The second-order valence-corrected chi connectivity index (χ2v) is 10.0. The fraction of sp³-hybridized carbons (Fsp3) is 0.192. The summed E-state index contributed by atoms with van der Waals surface area (Å²) in [5, 5.41) is 0.314. The number of carbonyl (C=O) groups excluding carboxylic acids is 2. The van der Waals surface area contributed by atoms with Gasteiger partial charge in [0.05, 0.1) is 28.5 Å². The predicted molar refractivity (Wildman–Crippen MR) is 128 cm³/mol. The Morgan fingerprint density at radius 1 is 1.09 bits per heavy atom. The third-order valence-corrected chi connectivity index (χ3v) is 7.98. The van der Waals surface area contributed by atoms with E-state index < -0.39 is 11.7 Å². The normalized spacial score (nSPS) is 17.0. The van der Waals surface area contributed by atoms with Gasteiger partial charge in [0.25, 0.3) is 5.91 Å². The molecule has 3 aromatic rings. The number of anilines is 1. The minimum atomic E-state index is -0.459. The molecule has 2 aliphatic heterocycles. The number of amides is 1. The Balaban J connectivity index is 1.53. The number of hydrogen-bond acceptors (Lipinski definition) is 4. The summed E-state index contributed by atoms with van der Waals surface area (Å²) in [7, 11) is 0. The molecule has 164 valence electrons. The van der Waals surface area contributed by atoms with E-state index in [1.54, 1.807) is 18.0 Å². The van der Waals surface area contributed by atoms with Crippen LogP contribution in [0.5, 0.6) is 0 Å². The van der Waals surface area contributed by atoms with Gasteiger partial charge < -0.3 is 4.31 Å². The van der Waals surface area contributed by atoms with Gasteiger partial charge in [0.15, 0.2) is 5.78 Å². The van der Waals surface area contributed by atoms with Crippen molar-refractivity contribution in [1.82, 2.24) is 0 Å². The Morgan fingerprint density at radius 2 is 1.91 bits per heavy atom. The van der Waals surface area contributed by atoms with E-state index >= 15 is 0 Å². The predicted octanol–water partition coefficient (Wildman–Crippen LogP) is 6.48. The minimum Gasteiger partial charge on any atom is -0.307 e. The maximum Gasteiger partial charge on any atom is 0.278 e. The maximum absolute atomic E-state index is 14.1. The molecule has 4 nitrogen and oxygen atoms in total. The fourth-order valence-corrected chi connectivity index (χ4v) is 5.82. The number of benzene rings is 3. The van der Waals surface area contributed by atoms with Gasteiger partial charge in [-0.1, -0.05) is 36.2 Å². The molecule has 0 radical (unpaired) electrons. The molecule has 0 atom stereocenters. The Kier molecular flexibility index (Phi) is 4.89. The smallest absolute Gasteiger partial charge is 0.278 e. The Labute approximate surface area is 199 Å². The first-order valence-corrected chi connectivity index (χ1v) is 12.0. The number of hydrogen-bond donors (Lipinski definition) is 0. The molecule has 33 heavy (non-hydrogen) atoms. The molecule has 0 N–H and O–H groups in total. The molecule has 0 spiro atoms. The number of halogens is 2. The molecule has 3 aliphatic rings. The monoisotopic (exact) mass is 476 g/mol. The second-order valence-electron chi connectivity index (χ2n) is 8.54. The van der Waals surface area contributed by atoms with E-state index in [2.05, 4.69) is 15.4 Å². The van der Waals surface area contributed by atoms with Gasteiger partial charge >= 0.3 is 0 Å². The van der Waals surface area contributed by atoms with Gasteiger partial charge in [-0.3, -0.25) is 9.59 Å². The van der Waals surface area contributed by atoms with Crippen LogP contribution in [-0.2, 0) is 6.54 Å². The molecule has 0 saturated heterocycles. The van der Waals surface area contributed by atoms with Crippen LogP contribution in [0.25, 0.3) is 0 Å². The van der Waals surface area contributed by atoms with Crippen molar-refractivity contribution in [3.05, 3.63) is 93.3 Å². The zero-order valence-corrected chi connectivity index (χ0v) is 19.0. The van der Waals surface area contributed by atoms with Gasteiger partial charge in [-0.15, -0.1) is 0 Å². The summed E-state index contributed by atoms with van der Waals surface area (Å²) >= 11 is 7.95. The number of ketones is 1. The lowest BCUT2D eigenvalue weighted by Crippen LogP contribution is -2.23. The van der Waals surface area contributed by atoms with Crippen molar-refractivity contribution in [2.45, 2.75) is 30.7 Å². The third kappa shape index (κ3) is 3.40. The summed E-state index contributed by atoms with van der Waals surface area (Å²) in [6, 6.07) is 15.6. The first-order chi connectivity index (χ1) is 16.0. The lowest BCUT2D eigenvalue weighted by molar-refractivity contribution is 0.0855. The zero-order chi connectivity index (χ0) is 22.7. The highest BCUT2D eigenvalue weighted by Gasteiger charge is 2.35. The van der Waals surface area contributed by atoms with Crippen LogP contribution in [0.15, 0.2) is 64.5 Å². The van der Waals surface area contributed by atoms with E-state index in [0.29, 0.717) is 39.5 Å². The van der Waals surface area contributed by atoms with E-state index in [9.17, 15) is 14.0 Å². The minimum absolute atomic E-state index is 0.00823. The summed E-state index contributed by atoms with van der Waals surface area (Å²) in [5.74, 6) is -0.822. The van der Waals surface area contributed by atoms with Crippen LogP contribution in [-0.4, -0.2) is 17.4 Å². The van der Waals surface area contributed by atoms with Crippen molar-refractivity contribution in [3.8, 4) is 0 Å². The fourth-order valence-electron chi connectivity index (χ4n) is 4.54. The van der Waals surface area contributed by atoms with Crippen LogP contribution < -0.4 is 4.31 Å². The van der Waals surface area contributed by atoms with Gasteiger partial charge in [-0.05, 0) is 66.8 Å². The SMILES string of the molecule is O=C1N=C(c2cc(F)ccc2Cl)c2c1cc(C(=O)C1CCC1)cc2N1Cc2ccccc2S1. The molecule has 0 unspecified atom stereocenters. The van der Waals surface area contributed by atoms with Crippen LogP contribution in [0.4, 0.5) is 10.1 Å². The molecule has 1 amide bonds. The lowest BCUT2D eigenvalue weighted by atomic mass is 9.79. The highest BCUT2D eigenvalue weighted by atomic mass is 35.5. The second kappa shape index (κ2) is 7.82. The molecule has 7 heteroatoms. The van der Waals surface area contributed by atoms with Crippen LogP contribution in [0.2, 0.25) is 5.02 Å². The highest BCUT2D eigenvalue weighted by molar-refractivity contribution is 8.01. The van der Waals surface area contributed by atoms with E-state index in [-0.39, 0.29) is 11.7 Å². The number of carbonyl (C=O) groups is 2. The largest absolute Gasteiger partial charge is 0.307 e. The first kappa shape index (κ1) is 20.6. The summed E-state index contributed by atoms with van der Waals surface area (Å²) in [4.78, 5) is 31.5. The standard InChI is InChI=1S/C26H18ClFN2O2S/c27-20-9-8-17(28)12-18(20)24-23-19(26(32)29-24)10-16(25(31)14-5-3-6-14)11-21(23)30-13-15-4-1-2-7-22(15)33-30/h1-2,4,7-12,14H,3,5-6,13H2. The third-order valence-electron chi connectivity index (χ3n) is 6.51. The lowest BCUT2D eigenvalue weighted by Gasteiger charge is -2.26. The molecule has 0 aromatic heterocycles. The Hall–Kier alpha value is -2.96. The molecule has 0 bridgehead atoms. The highest BCUT2D eigenvalue weighted by Crippen LogP contribution is 2.45. The van der Waals surface area contributed by atoms with Crippen molar-refractivity contribution in [2.24, 2.45) is 10.9 Å². The van der Waals surface area contributed by atoms with Crippen molar-refractivity contribution < 1.29 is 14.0 Å². The molecular formula is C26H18ClFN2O2S.